The van der Waals surface area contributed by atoms with E-state index in [0.717, 1.165) is 0 Å². The predicted octanol–water partition coefficient (Wildman–Crippen LogP) is -0.759. The Morgan fingerprint density at radius 3 is 3.00 bits per heavy atom. The van der Waals surface area contributed by atoms with E-state index < -0.39 is 15.5 Å². The Bertz CT molecular complexity index is 489. The summed E-state index contributed by atoms with van der Waals surface area (Å²) in [5.74, 6) is 0.103. The van der Waals surface area contributed by atoms with Gasteiger partial charge >= 0.3 is 5.69 Å². The zero-order valence-corrected chi connectivity index (χ0v) is 7.60. The molecular weight excluding hydrogens is 192 g/mol. The highest BCUT2D eigenvalue weighted by Gasteiger charge is 2.21. The summed E-state index contributed by atoms with van der Waals surface area (Å²) >= 11 is 0. The second kappa shape index (κ2) is 2.66. The molecule has 5 nitrogen and oxygen atoms in total. The first-order valence-electron chi connectivity index (χ1n) is 3.84. The highest BCUT2D eigenvalue weighted by molar-refractivity contribution is 7.90. The van der Waals surface area contributed by atoms with Crippen molar-refractivity contribution < 1.29 is 8.42 Å². The van der Waals surface area contributed by atoms with E-state index in [9.17, 15) is 13.2 Å². The van der Waals surface area contributed by atoms with Gasteiger partial charge < -0.3 is 4.98 Å². The molecule has 0 radical (unpaired) electrons. The van der Waals surface area contributed by atoms with Crippen LogP contribution in [0, 0.1) is 0 Å². The van der Waals surface area contributed by atoms with Crippen LogP contribution < -0.4 is 5.69 Å². The molecule has 0 saturated heterocycles. The maximum absolute atomic E-state index is 11.2. The summed E-state index contributed by atoms with van der Waals surface area (Å²) in [6.45, 7) is 0. The van der Waals surface area contributed by atoms with Crippen molar-refractivity contribution in [2.45, 2.75) is 12.2 Å². The molecule has 0 spiro atoms. The fraction of sp³-hybridized carbons (Fsp3) is 0.429. The first kappa shape index (κ1) is 8.43. The third-order valence-corrected chi connectivity index (χ3v) is 3.60. The van der Waals surface area contributed by atoms with Crippen molar-refractivity contribution in [1.82, 2.24) is 9.97 Å². The predicted molar refractivity (Wildman–Crippen MR) is 46.1 cm³/mol. The summed E-state index contributed by atoms with van der Waals surface area (Å²) < 4.78 is 22.4. The van der Waals surface area contributed by atoms with Crippen LogP contribution in [0.15, 0.2) is 11.0 Å². The largest absolute Gasteiger partial charge is 0.345 e. The molecule has 1 N–H and O–H groups in total. The third-order valence-electron chi connectivity index (χ3n) is 2.02. The van der Waals surface area contributed by atoms with Gasteiger partial charge in [-0.2, -0.15) is 0 Å². The number of nitrogens with one attached hydrogen (secondary N) is 1. The molecule has 0 unspecified atom stereocenters. The fourth-order valence-electron chi connectivity index (χ4n) is 1.37. The number of hydrogen-bond donors (Lipinski definition) is 1. The van der Waals surface area contributed by atoms with E-state index in [0.29, 0.717) is 17.7 Å². The van der Waals surface area contributed by atoms with Crippen LogP contribution in [0.4, 0.5) is 0 Å². The van der Waals surface area contributed by atoms with E-state index in [-0.39, 0.29) is 11.5 Å². The lowest BCUT2D eigenvalue weighted by Crippen LogP contribution is -2.24. The van der Waals surface area contributed by atoms with Gasteiger partial charge in [-0.05, 0) is 0 Å². The Hall–Kier alpha value is -1.17. The molecule has 1 aliphatic heterocycles. The molecule has 0 aliphatic carbocycles. The number of fused-ring (bicyclic) bond motifs is 1. The van der Waals surface area contributed by atoms with Crippen LogP contribution in [-0.2, 0) is 22.0 Å². The molecule has 0 amide bonds. The summed E-state index contributed by atoms with van der Waals surface area (Å²) in [6.07, 6.45) is 1.72. The molecule has 2 rings (SSSR count). The Kier molecular flexibility index (Phi) is 1.73. The first-order chi connectivity index (χ1) is 6.07. The van der Waals surface area contributed by atoms with Crippen LogP contribution in [0.2, 0.25) is 0 Å². The van der Waals surface area contributed by atoms with Gasteiger partial charge in [0.2, 0.25) is 0 Å². The number of aromatic amines is 1. The van der Waals surface area contributed by atoms with E-state index in [1.165, 1.54) is 6.20 Å². The maximum atomic E-state index is 11.2. The van der Waals surface area contributed by atoms with Gasteiger partial charge in [0.25, 0.3) is 0 Å². The number of H-pyrrole nitrogens is 1. The standard InChI is InChI=1S/C7H8N2O3S/c10-7-8-3-5-4-13(11,12)2-1-6(5)9-7/h3H,1-2,4H2,(H,8,9,10). The lowest BCUT2D eigenvalue weighted by Gasteiger charge is -2.14. The lowest BCUT2D eigenvalue weighted by atomic mass is 10.2. The van der Waals surface area contributed by atoms with Gasteiger partial charge in [-0.1, -0.05) is 0 Å². The van der Waals surface area contributed by atoms with E-state index >= 15 is 0 Å². The molecule has 13 heavy (non-hydrogen) atoms. The van der Waals surface area contributed by atoms with Gasteiger partial charge in [0.1, 0.15) is 0 Å². The van der Waals surface area contributed by atoms with Crippen molar-refractivity contribution in [2.75, 3.05) is 5.75 Å². The average Bonchev–Trinajstić information content (AvgIpc) is 2.05. The third kappa shape index (κ3) is 1.62. The number of sulfone groups is 1. The van der Waals surface area contributed by atoms with Gasteiger partial charge in [-0.25, -0.2) is 18.2 Å². The molecular formula is C7H8N2O3S. The minimum absolute atomic E-state index is 0.00782. The Morgan fingerprint density at radius 2 is 2.23 bits per heavy atom. The van der Waals surface area contributed by atoms with Gasteiger partial charge in [0, 0.05) is 23.9 Å². The first-order valence-corrected chi connectivity index (χ1v) is 5.66. The van der Waals surface area contributed by atoms with Crippen LogP contribution in [0.1, 0.15) is 11.3 Å². The van der Waals surface area contributed by atoms with Crippen molar-refractivity contribution in [3.63, 3.8) is 0 Å². The van der Waals surface area contributed by atoms with E-state index in [1.54, 1.807) is 0 Å². The maximum Gasteiger partial charge on any atom is 0.345 e. The summed E-state index contributed by atoms with van der Waals surface area (Å²) in [4.78, 5) is 16.8. The molecule has 1 aromatic rings. The van der Waals surface area contributed by atoms with Crippen LogP contribution in [0.5, 0.6) is 0 Å². The van der Waals surface area contributed by atoms with Crippen LogP contribution >= 0.6 is 0 Å². The van der Waals surface area contributed by atoms with Crippen molar-refractivity contribution >= 4 is 9.84 Å². The molecule has 2 heterocycles. The number of rotatable bonds is 0. The SMILES string of the molecule is O=c1ncc2c([nH]1)CCS(=O)(=O)C2. The summed E-state index contributed by atoms with van der Waals surface area (Å²) in [5, 5.41) is 0. The summed E-state index contributed by atoms with van der Waals surface area (Å²) in [5.41, 5.74) is 0.902. The average molecular weight is 200 g/mol. The minimum atomic E-state index is -2.97. The number of hydrogen-bond acceptors (Lipinski definition) is 4. The van der Waals surface area contributed by atoms with Crippen molar-refractivity contribution in [3.8, 4) is 0 Å². The summed E-state index contributed by atoms with van der Waals surface area (Å²) in [6, 6.07) is 0. The van der Waals surface area contributed by atoms with Gasteiger partial charge in [0.05, 0.1) is 11.5 Å². The molecule has 70 valence electrons. The van der Waals surface area contributed by atoms with Crippen molar-refractivity contribution in [2.24, 2.45) is 0 Å². The normalized spacial score (nSPS) is 19.4. The zero-order chi connectivity index (χ0) is 9.47. The minimum Gasteiger partial charge on any atom is -0.309 e. The molecule has 0 aromatic carbocycles. The van der Waals surface area contributed by atoms with Crippen LogP contribution in [0.25, 0.3) is 0 Å². The molecule has 0 saturated carbocycles. The second-order valence-electron chi connectivity index (χ2n) is 3.03. The number of aromatic nitrogens is 2. The zero-order valence-electron chi connectivity index (χ0n) is 6.78. The van der Waals surface area contributed by atoms with Gasteiger partial charge in [0.15, 0.2) is 9.84 Å². The quantitative estimate of drug-likeness (QED) is 0.597. The van der Waals surface area contributed by atoms with E-state index in [1.807, 2.05) is 0 Å². The Balaban J connectivity index is 2.54. The van der Waals surface area contributed by atoms with Crippen LogP contribution in [0.3, 0.4) is 0 Å². The van der Waals surface area contributed by atoms with E-state index in [2.05, 4.69) is 9.97 Å². The smallest absolute Gasteiger partial charge is 0.309 e. The van der Waals surface area contributed by atoms with Gasteiger partial charge in [-0.15, -0.1) is 0 Å². The molecule has 0 atom stereocenters. The van der Waals surface area contributed by atoms with Crippen molar-refractivity contribution in [3.05, 3.63) is 27.9 Å². The topological polar surface area (TPSA) is 79.9 Å². The molecule has 1 aromatic heterocycles. The van der Waals surface area contributed by atoms with Crippen molar-refractivity contribution in [1.29, 1.82) is 0 Å². The molecule has 0 bridgehead atoms. The number of nitrogens with zero attached hydrogens (tertiary/aromatic N) is 1. The highest BCUT2D eigenvalue weighted by atomic mass is 32.2. The molecule has 6 heteroatoms. The fourth-order valence-corrected chi connectivity index (χ4v) is 2.75. The highest BCUT2D eigenvalue weighted by Crippen LogP contribution is 2.15. The Labute approximate surface area is 74.7 Å². The molecule has 1 aliphatic rings. The van der Waals surface area contributed by atoms with Crippen LogP contribution in [-0.4, -0.2) is 24.1 Å². The monoisotopic (exact) mass is 200 g/mol. The second-order valence-corrected chi connectivity index (χ2v) is 5.22. The van der Waals surface area contributed by atoms with E-state index in [4.69, 9.17) is 0 Å². The van der Waals surface area contributed by atoms with Gasteiger partial charge in [-0.3, -0.25) is 0 Å². The number of aryl methyl sites for hydroxylation is 1. The molecule has 0 fully saturated rings. The summed E-state index contributed by atoms with van der Waals surface area (Å²) in [7, 11) is -2.97. The lowest BCUT2D eigenvalue weighted by molar-refractivity contribution is 0.590. The Morgan fingerprint density at radius 1 is 1.46 bits per heavy atom.